The van der Waals surface area contributed by atoms with E-state index >= 15 is 0 Å². The minimum absolute atomic E-state index is 0.133. The predicted molar refractivity (Wildman–Crippen MR) is 113 cm³/mol. The van der Waals surface area contributed by atoms with E-state index in [1.807, 2.05) is 59.5 Å². The van der Waals surface area contributed by atoms with E-state index < -0.39 is 14.6 Å². The summed E-state index contributed by atoms with van der Waals surface area (Å²) in [7, 11) is -1.38. The Morgan fingerprint density at radius 2 is 1.82 bits per heavy atom. The minimum Gasteiger partial charge on any atom is -0.457 e. The molecule has 0 aliphatic carbocycles. The van der Waals surface area contributed by atoms with Crippen molar-refractivity contribution in [3.05, 3.63) is 60.2 Å². The van der Waals surface area contributed by atoms with E-state index in [0.29, 0.717) is 25.6 Å². The first-order chi connectivity index (χ1) is 13.3. The smallest absolute Gasteiger partial charge is 0.193 e. The van der Waals surface area contributed by atoms with Crippen LogP contribution in [0.15, 0.2) is 59.6 Å². The molecule has 1 aliphatic rings. The van der Waals surface area contributed by atoms with Crippen LogP contribution in [0, 0.1) is 0 Å². The lowest BCUT2D eigenvalue weighted by Crippen LogP contribution is -2.57. The van der Waals surface area contributed by atoms with E-state index in [4.69, 9.17) is 4.74 Å². The number of sulfone groups is 1. The van der Waals surface area contributed by atoms with Crippen molar-refractivity contribution in [2.45, 2.75) is 25.1 Å². The molecule has 0 amide bonds. The van der Waals surface area contributed by atoms with Gasteiger partial charge >= 0.3 is 0 Å². The first kappa shape index (κ1) is 20.2. The van der Waals surface area contributed by atoms with E-state index in [-0.39, 0.29) is 5.75 Å². The van der Waals surface area contributed by atoms with Crippen molar-refractivity contribution in [1.82, 2.24) is 10.2 Å². The van der Waals surface area contributed by atoms with Gasteiger partial charge in [-0.1, -0.05) is 36.4 Å². The highest BCUT2D eigenvalue weighted by Crippen LogP contribution is 2.26. The van der Waals surface area contributed by atoms with E-state index in [0.717, 1.165) is 17.1 Å². The van der Waals surface area contributed by atoms with Crippen molar-refractivity contribution in [1.29, 1.82) is 0 Å². The van der Waals surface area contributed by atoms with Crippen LogP contribution < -0.4 is 10.1 Å². The molecule has 0 spiro atoms. The molecular formula is C21H27N3O3S. The third kappa shape index (κ3) is 4.47. The Balaban J connectivity index is 1.70. The van der Waals surface area contributed by atoms with Crippen molar-refractivity contribution in [2.75, 3.05) is 25.9 Å². The number of benzene rings is 2. The summed E-state index contributed by atoms with van der Waals surface area (Å²) in [5.74, 6) is 2.38. The molecule has 7 heteroatoms. The fourth-order valence-electron chi connectivity index (χ4n) is 3.20. The van der Waals surface area contributed by atoms with E-state index in [1.165, 1.54) is 0 Å². The number of hydrogen-bond donors (Lipinski definition) is 1. The molecule has 0 atom stereocenters. The Labute approximate surface area is 167 Å². The van der Waals surface area contributed by atoms with Crippen LogP contribution in [-0.2, 0) is 16.4 Å². The number of para-hydroxylation sites is 2. The van der Waals surface area contributed by atoms with Gasteiger partial charge in [0.25, 0.3) is 0 Å². The van der Waals surface area contributed by atoms with E-state index in [9.17, 15) is 8.42 Å². The maximum Gasteiger partial charge on any atom is 0.193 e. The molecule has 2 aromatic carbocycles. The predicted octanol–water partition coefficient (Wildman–Crippen LogP) is 3.06. The van der Waals surface area contributed by atoms with Crippen LogP contribution >= 0.6 is 0 Å². The summed E-state index contributed by atoms with van der Waals surface area (Å²) in [6, 6.07) is 17.5. The van der Waals surface area contributed by atoms with Gasteiger partial charge in [-0.05, 0) is 32.0 Å². The lowest BCUT2D eigenvalue weighted by atomic mass is 10.2. The van der Waals surface area contributed by atoms with Crippen molar-refractivity contribution >= 4 is 15.8 Å². The summed E-state index contributed by atoms with van der Waals surface area (Å²) in [4.78, 5) is 6.35. The molecule has 150 valence electrons. The molecule has 0 unspecified atom stereocenters. The van der Waals surface area contributed by atoms with E-state index in [1.54, 1.807) is 20.9 Å². The molecule has 28 heavy (non-hydrogen) atoms. The van der Waals surface area contributed by atoms with Crippen LogP contribution in [0.4, 0.5) is 0 Å². The third-order valence-electron chi connectivity index (χ3n) is 4.94. The number of ether oxygens (including phenoxy) is 1. The molecule has 0 bridgehead atoms. The van der Waals surface area contributed by atoms with Gasteiger partial charge in [0.1, 0.15) is 11.5 Å². The SMILES string of the molecule is CN=C(NCc1ccccc1Oc1ccccc1)N1CCS(=O)(=O)C(C)(C)C1. The molecule has 1 aliphatic heterocycles. The van der Waals surface area contributed by atoms with Gasteiger partial charge in [0.05, 0.1) is 10.5 Å². The zero-order valence-electron chi connectivity index (χ0n) is 16.6. The summed E-state index contributed by atoms with van der Waals surface area (Å²) in [6.07, 6.45) is 0. The van der Waals surface area contributed by atoms with Crippen LogP contribution in [0.5, 0.6) is 11.5 Å². The van der Waals surface area contributed by atoms with Crippen molar-refractivity contribution < 1.29 is 13.2 Å². The largest absolute Gasteiger partial charge is 0.457 e. The van der Waals surface area contributed by atoms with Gasteiger partial charge in [-0.2, -0.15) is 0 Å². The Morgan fingerprint density at radius 1 is 1.14 bits per heavy atom. The van der Waals surface area contributed by atoms with Crippen LogP contribution in [-0.4, -0.2) is 49.9 Å². The summed E-state index contributed by atoms with van der Waals surface area (Å²) in [5.41, 5.74) is 0.997. The second-order valence-electron chi connectivity index (χ2n) is 7.42. The van der Waals surface area contributed by atoms with Gasteiger partial charge in [0.2, 0.25) is 0 Å². The lowest BCUT2D eigenvalue weighted by Gasteiger charge is -2.39. The van der Waals surface area contributed by atoms with E-state index in [2.05, 4.69) is 10.3 Å². The van der Waals surface area contributed by atoms with Crippen molar-refractivity contribution in [3.8, 4) is 11.5 Å². The first-order valence-electron chi connectivity index (χ1n) is 9.31. The summed E-state index contributed by atoms with van der Waals surface area (Å²) in [5, 5.41) is 3.35. The van der Waals surface area contributed by atoms with Crippen LogP contribution in [0.2, 0.25) is 0 Å². The number of hydrogen-bond acceptors (Lipinski definition) is 4. The topological polar surface area (TPSA) is 71.0 Å². The fraction of sp³-hybridized carbons (Fsp3) is 0.381. The highest BCUT2D eigenvalue weighted by Gasteiger charge is 2.40. The third-order valence-corrected chi connectivity index (χ3v) is 7.47. The maximum atomic E-state index is 12.3. The number of rotatable bonds is 4. The van der Waals surface area contributed by atoms with Crippen LogP contribution in [0.3, 0.4) is 0 Å². The average molecular weight is 402 g/mol. The first-order valence-corrected chi connectivity index (χ1v) is 11.0. The fourth-order valence-corrected chi connectivity index (χ4v) is 4.56. The molecule has 1 N–H and O–H groups in total. The number of nitrogens with one attached hydrogen (secondary N) is 1. The van der Waals surface area contributed by atoms with Gasteiger partial charge < -0.3 is 15.0 Å². The Bertz CT molecular complexity index is 940. The van der Waals surface area contributed by atoms with Crippen LogP contribution in [0.1, 0.15) is 19.4 Å². The highest BCUT2D eigenvalue weighted by atomic mass is 32.2. The summed E-state index contributed by atoms with van der Waals surface area (Å²) in [6.45, 7) is 4.92. The average Bonchev–Trinajstić information content (AvgIpc) is 2.67. The molecule has 0 saturated carbocycles. The monoisotopic (exact) mass is 401 g/mol. The zero-order chi connectivity index (χ0) is 20.2. The Morgan fingerprint density at radius 3 is 2.50 bits per heavy atom. The minimum atomic E-state index is -3.09. The second-order valence-corrected chi connectivity index (χ2v) is 10.2. The van der Waals surface area contributed by atoms with Crippen LogP contribution in [0.25, 0.3) is 0 Å². The standard InChI is InChI=1S/C21H27N3O3S/c1-21(2)16-24(13-14-28(21,25)26)20(22-3)23-15-17-9-7-8-12-19(17)27-18-10-5-4-6-11-18/h4-12H,13-16H2,1-3H3,(H,22,23). The number of nitrogens with zero attached hydrogens (tertiary/aromatic N) is 2. The normalized spacial score (nSPS) is 18.5. The molecular weight excluding hydrogens is 374 g/mol. The van der Waals surface area contributed by atoms with Gasteiger partial charge in [0.15, 0.2) is 15.8 Å². The van der Waals surface area contributed by atoms with Crippen molar-refractivity contribution in [2.24, 2.45) is 4.99 Å². The number of guanidine groups is 1. The molecule has 3 rings (SSSR count). The highest BCUT2D eigenvalue weighted by molar-refractivity contribution is 7.92. The second kappa shape index (κ2) is 8.22. The zero-order valence-corrected chi connectivity index (χ0v) is 17.4. The summed E-state index contributed by atoms with van der Waals surface area (Å²) < 4.78 is 29.7. The molecule has 6 nitrogen and oxygen atoms in total. The Kier molecular flexibility index (Phi) is 5.93. The molecule has 1 fully saturated rings. The molecule has 2 aromatic rings. The number of aliphatic imine (C=N–C) groups is 1. The maximum absolute atomic E-state index is 12.3. The molecule has 0 radical (unpaired) electrons. The van der Waals surface area contributed by atoms with Gasteiger partial charge in [-0.3, -0.25) is 4.99 Å². The molecule has 1 saturated heterocycles. The summed E-state index contributed by atoms with van der Waals surface area (Å²) >= 11 is 0. The van der Waals surface area contributed by atoms with Gasteiger partial charge in [0, 0.05) is 32.2 Å². The Hall–Kier alpha value is -2.54. The lowest BCUT2D eigenvalue weighted by molar-refractivity contribution is 0.353. The molecule has 0 aromatic heterocycles. The van der Waals surface area contributed by atoms with Gasteiger partial charge in [-0.25, -0.2) is 8.42 Å². The molecule has 1 heterocycles. The quantitative estimate of drug-likeness (QED) is 0.630. The van der Waals surface area contributed by atoms with Crippen molar-refractivity contribution in [3.63, 3.8) is 0 Å². The van der Waals surface area contributed by atoms with Gasteiger partial charge in [-0.15, -0.1) is 0 Å².